The third-order valence-electron chi connectivity index (χ3n) is 2.30. The fourth-order valence-corrected chi connectivity index (χ4v) is 1.66. The molecule has 0 spiro atoms. The summed E-state index contributed by atoms with van der Waals surface area (Å²) in [6.45, 7) is 0. The average molecular weight is 185 g/mol. The highest BCUT2D eigenvalue weighted by Crippen LogP contribution is 2.36. The van der Waals surface area contributed by atoms with Crippen LogP contribution in [0.25, 0.3) is 10.8 Å². The number of nitrogens with two attached hydrogens (primary N) is 1. The summed E-state index contributed by atoms with van der Waals surface area (Å²) in [6.07, 6.45) is 0. The summed E-state index contributed by atoms with van der Waals surface area (Å²) in [6, 6.07) is 11.9. The van der Waals surface area contributed by atoms with Gasteiger partial charge in [-0.05, 0) is 22.9 Å². The van der Waals surface area contributed by atoms with E-state index in [4.69, 9.17) is 15.0 Å². The topological polar surface area (TPSA) is 44.5 Å². The van der Waals surface area contributed by atoms with Crippen LogP contribution in [-0.4, -0.2) is 7.25 Å². The van der Waals surface area contributed by atoms with Crippen molar-refractivity contribution in [1.29, 1.82) is 0 Å². The van der Waals surface area contributed by atoms with Crippen LogP contribution in [0.15, 0.2) is 36.4 Å². The quantitative estimate of drug-likeness (QED) is 0.633. The SMILES string of the molecule is NB1Oc2cc3ccccc3cc2O1. The van der Waals surface area contributed by atoms with Crippen molar-refractivity contribution in [2.45, 2.75) is 0 Å². The van der Waals surface area contributed by atoms with E-state index in [0.29, 0.717) is 0 Å². The van der Waals surface area contributed by atoms with Crippen LogP contribution in [-0.2, 0) is 0 Å². The number of hydrogen-bond donors (Lipinski definition) is 1. The van der Waals surface area contributed by atoms with Crippen molar-refractivity contribution < 1.29 is 9.31 Å². The molecule has 2 N–H and O–H groups in total. The lowest BCUT2D eigenvalue weighted by atomic mass is 10.1. The molecular formula is C10H8BNO2. The van der Waals surface area contributed by atoms with Gasteiger partial charge in [0, 0.05) is 0 Å². The predicted octanol–water partition coefficient (Wildman–Crippen LogP) is 1.55. The first-order valence-corrected chi connectivity index (χ1v) is 4.45. The Morgan fingerprint density at radius 1 is 0.929 bits per heavy atom. The minimum absolute atomic E-state index is 0.665. The molecule has 1 aliphatic rings. The fraction of sp³-hybridized carbons (Fsp3) is 0. The fourth-order valence-electron chi connectivity index (χ4n) is 1.66. The van der Waals surface area contributed by atoms with Crippen molar-refractivity contribution in [1.82, 2.24) is 0 Å². The maximum atomic E-state index is 5.50. The van der Waals surface area contributed by atoms with Crippen LogP contribution in [0.1, 0.15) is 0 Å². The molecule has 0 fully saturated rings. The first-order valence-electron chi connectivity index (χ1n) is 4.45. The van der Waals surface area contributed by atoms with Gasteiger partial charge in [-0.3, -0.25) is 5.64 Å². The summed E-state index contributed by atoms with van der Waals surface area (Å²) in [7, 11) is -0.665. The van der Waals surface area contributed by atoms with Gasteiger partial charge < -0.3 is 9.31 Å². The van der Waals surface area contributed by atoms with Crippen molar-refractivity contribution in [3.63, 3.8) is 0 Å². The lowest BCUT2D eigenvalue weighted by molar-refractivity contribution is 0.501. The van der Waals surface area contributed by atoms with E-state index < -0.39 is 7.25 Å². The van der Waals surface area contributed by atoms with Crippen molar-refractivity contribution >= 4 is 18.0 Å². The molecule has 0 atom stereocenters. The Morgan fingerprint density at radius 2 is 1.43 bits per heavy atom. The Balaban J connectivity index is 2.27. The second-order valence-electron chi connectivity index (χ2n) is 3.25. The summed E-state index contributed by atoms with van der Waals surface area (Å²) in [4.78, 5) is 0. The molecule has 0 aromatic heterocycles. The predicted molar refractivity (Wildman–Crippen MR) is 55.1 cm³/mol. The van der Waals surface area contributed by atoms with Gasteiger partial charge in [0.25, 0.3) is 0 Å². The van der Waals surface area contributed by atoms with Crippen LogP contribution >= 0.6 is 0 Å². The normalized spacial score (nSPS) is 13.6. The minimum Gasteiger partial charge on any atom is -0.509 e. The Labute approximate surface area is 81.6 Å². The van der Waals surface area contributed by atoms with Gasteiger partial charge in [0.1, 0.15) is 11.5 Å². The Bertz CT molecular complexity index is 456. The highest BCUT2D eigenvalue weighted by molar-refractivity contribution is 6.43. The van der Waals surface area contributed by atoms with E-state index in [2.05, 4.69) is 0 Å². The third-order valence-corrected chi connectivity index (χ3v) is 2.30. The summed E-state index contributed by atoms with van der Waals surface area (Å²) < 4.78 is 10.5. The molecule has 0 aliphatic carbocycles. The van der Waals surface area contributed by atoms with Gasteiger partial charge in [-0.1, -0.05) is 24.3 Å². The number of fused-ring (bicyclic) bond motifs is 2. The number of rotatable bonds is 0. The molecule has 1 heterocycles. The molecule has 0 unspecified atom stereocenters. The van der Waals surface area contributed by atoms with Gasteiger partial charge in [-0.25, -0.2) is 0 Å². The Hall–Kier alpha value is -1.68. The zero-order valence-corrected chi connectivity index (χ0v) is 7.44. The largest absolute Gasteiger partial charge is 0.695 e. The van der Waals surface area contributed by atoms with Crippen LogP contribution in [0.4, 0.5) is 0 Å². The third kappa shape index (κ3) is 1.04. The zero-order valence-electron chi connectivity index (χ0n) is 7.44. The van der Waals surface area contributed by atoms with Crippen LogP contribution in [0.2, 0.25) is 0 Å². The lowest BCUT2D eigenvalue weighted by Gasteiger charge is -2.00. The van der Waals surface area contributed by atoms with Crippen molar-refractivity contribution in [3.05, 3.63) is 36.4 Å². The van der Waals surface area contributed by atoms with Crippen LogP contribution < -0.4 is 15.0 Å². The Kier molecular flexibility index (Phi) is 1.46. The second kappa shape index (κ2) is 2.65. The molecule has 0 saturated heterocycles. The minimum atomic E-state index is -0.665. The molecule has 68 valence electrons. The van der Waals surface area contributed by atoms with E-state index in [1.807, 2.05) is 36.4 Å². The van der Waals surface area contributed by atoms with Gasteiger partial charge in [-0.15, -0.1) is 0 Å². The standard InChI is InChI=1S/C10H8BNO2/c12-11-13-9-5-7-3-1-2-4-8(7)6-10(9)14-11/h1-6H,12H2. The first kappa shape index (κ1) is 7.70. The van der Waals surface area contributed by atoms with Gasteiger partial charge in [0.05, 0.1) is 0 Å². The van der Waals surface area contributed by atoms with Gasteiger partial charge >= 0.3 is 7.25 Å². The highest BCUT2D eigenvalue weighted by Gasteiger charge is 2.28. The first-order chi connectivity index (χ1) is 6.83. The van der Waals surface area contributed by atoms with Gasteiger partial charge in [-0.2, -0.15) is 0 Å². The monoisotopic (exact) mass is 185 g/mol. The molecule has 0 bridgehead atoms. The van der Waals surface area contributed by atoms with Crippen molar-refractivity contribution in [2.75, 3.05) is 0 Å². The number of hydrogen-bond acceptors (Lipinski definition) is 3. The molecule has 0 saturated carbocycles. The molecular weight excluding hydrogens is 177 g/mol. The molecule has 4 heteroatoms. The van der Waals surface area contributed by atoms with Crippen molar-refractivity contribution in [3.8, 4) is 11.5 Å². The maximum absolute atomic E-state index is 5.50. The molecule has 3 rings (SSSR count). The molecule has 3 nitrogen and oxygen atoms in total. The summed E-state index contributed by atoms with van der Waals surface area (Å²) in [5, 5.41) is 2.26. The maximum Gasteiger partial charge on any atom is 0.695 e. The highest BCUT2D eigenvalue weighted by atomic mass is 16.6. The van der Waals surface area contributed by atoms with Gasteiger partial charge in [0.2, 0.25) is 0 Å². The molecule has 0 radical (unpaired) electrons. The molecule has 1 aliphatic heterocycles. The van der Waals surface area contributed by atoms with E-state index in [0.717, 1.165) is 22.3 Å². The van der Waals surface area contributed by atoms with E-state index in [9.17, 15) is 0 Å². The van der Waals surface area contributed by atoms with E-state index >= 15 is 0 Å². The van der Waals surface area contributed by atoms with Crippen LogP contribution in [0.5, 0.6) is 11.5 Å². The smallest absolute Gasteiger partial charge is 0.509 e. The van der Waals surface area contributed by atoms with Gasteiger partial charge in [0.15, 0.2) is 0 Å². The zero-order chi connectivity index (χ0) is 9.54. The number of benzene rings is 2. The molecule has 2 aromatic carbocycles. The lowest BCUT2D eigenvalue weighted by Crippen LogP contribution is -2.35. The van der Waals surface area contributed by atoms with E-state index in [1.54, 1.807) is 0 Å². The van der Waals surface area contributed by atoms with Crippen molar-refractivity contribution in [2.24, 2.45) is 5.64 Å². The Morgan fingerprint density at radius 3 is 1.93 bits per heavy atom. The van der Waals surface area contributed by atoms with E-state index in [1.165, 1.54) is 0 Å². The summed E-state index contributed by atoms with van der Waals surface area (Å²) in [5.41, 5.74) is 5.50. The van der Waals surface area contributed by atoms with E-state index in [-0.39, 0.29) is 0 Å². The molecule has 2 aromatic rings. The molecule has 14 heavy (non-hydrogen) atoms. The summed E-state index contributed by atoms with van der Waals surface area (Å²) >= 11 is 0. The summed E-state index contributed by atoms with van der Waals surface area (Å²) in [5.74, 6) is 1.44. The average Bonchev–Trinajstić information content (AvgIpc) is 2.53. The second-order valence-corrected chi connectivity index (χ2v) is 3.25. The molecule has 0 amide bonds. The van der Waals surface area contributed by atoms with Crippen LogP contribution in [0, 0.1) is 0 Å². The van der Waals surface area contributed by atoms with Crippen LogP contribution in [0.3, 0.4) is 0 Å².